The van der Waals surface area contributed by atoms with Gasteiger partial charge in [-0.15, -0.1) is 0 Å². The van der Waals surface area contributed by atoms with E-state index >= 15 is 0 Å². The molecule has 0 aromatic heterocycles. The Morgan fingerprint density at radius 1 is 1.44 bits per heavy atom. The number of carbonyl (C=O) groups is 1. The van der Waals surface area contributed by atoms with Gasteiger partial charge in [-0.2, -0.15) is 0 Å². The lowest BCUT2D eigenvalue weighted by atomic mass is 10.2. The molecular weight excluding hydrogens is 246 g/mol. The average Bonchev–Trinajstić information content (AvgIpc) is 2.57. The Balaban J connectivity index is 2.55. The Bertz CT molecular complexity index is 299. The van der Waals surface area contributed by atoms with Gasteiger partial charge in [0.15, 0.2) is 8.32 Å². The van der Waals surface area contributed by atoms with Crippen molar-refractivity contribution in [2.45, 2.75) is 58.3 Å². The first-order valence-electron chi connectivity index (χ1n) is 6.76. The normalized spacial score (nSPS) is 21.3. The van der Waals surface area contributed by atoms with Crippen molar-refractivity contribution >= 4 is 14.4 Å². The molecule has 0 N–H and O–H groups in total. The van der Waals surface area contributed by atoms with E-state index in [2.05, 4.69) is 40.8 Å². The van der Waals surface area contributed by atoms with Crippen molar-refractivity contribution < 1.29 is 14.0 Å². The van der Waals surface area contributed by atoms with E-state index in [0.29, 0.717) is 13.2 Å². The zero-order chi connectivity index (χ0) is 14.0. The number of ether oxygens (including phenoxy) is 1. The predicted octanol–water partition coefficient (Wildman–Crippen LogP) is 3.24. The number of hydrogen-bond donors (Lipinski definition) is 0. The van der Waals surface area contributed by atoms with Gasteiger partial charge in [-0.1, -0.05) is 27.7 Å². The highest BCUT2D eigenvalue weighted by atomic mass is 28.4. The molecular formula is C13H27NO3Si. The Morgan fingerprint density at radius 2 is 2.06 bits per heavy atom. The largest absolute Gasteiger partial charge is 0.447 e. The van der Waals surface area contributed by atoms with Crippen molar-refractivity contribution in [3.05, 3.63) is 0 Å². The molecule has 4 nitrogen and oxygen atoms in total. The van der Waals surface area contributed by atoms with Gasteiger partial charge < -0.3 is 9.16 Å². The van der Waals surface area contributed by atoms with Gasteiger partial charge in [-0.05, 0) is 24.6 Å². The molecule has 1 unspecified atom stereocenters. The van der Waals surface area contributed by atoms with E-state index in [9.17, 15) is 4.79 Å². The molecule has 1 atom stereocenters. The number of amides is 1. The first kappa shape index (κ1) is 15.5. The van der Waals surface area contributed by atoms with Gasteiger partial charge in [0.25, 0.3) is 0 Å². The standard InChI is InChI=1S/C13H27NO3Si/c1-7-8-14-11(9-16-12(14)15)10-17-18(5,6)13(2,3)4/h11H,7-10H2,1-6H3. The van der Waals surface area contributed by atoms with Crippen LogP contribution in [-0.2, 0) is 9.16 Å². The van der Waals surface area contributed by atoms with Crippen LogP contribution in [0.15, 0.2) is 0 Å². The summed E-state index contributed by atoms with van der Waals surface area (Å²) in [4.78, 5) is 13.4. The third-order valence-electron chi connectivity index (χ3n) is 3.98. The summed E-state index contributed by atoms with van der Waals surface area (Å²) in [7, 11) is -1.74. The zero-order valence-electron chi connectivity index (χ0n) is 12.6. The minimum absolute atomic E-state index is 0.0894. The van der Waals surface area contributed by atoms with Gasteiger partial charge in [0.05, 0.1) is 12.6 Å². The Kier molecular flexibility index (Phi) is 4.83. The third-order valence-corrected chi connectivity index (χ3v) is 8.48. The van der Waals surface area contributed by atoms with Crippen molar-refractivity contribution in [3.63, 3.8) is 0 Å². The Morgan fingerprint density at radius 3 is 2.56 bits per heavy atom. The number of cyclic esters (lactones) is 1. The summed E-state index contributed by atoms with van der Waals surface area (Å²) in [5, 5.41) is 0.200. The number of rotatable bonds is 5. The van der Waals surface area contributed by atoms with Crippen LogP contribution in [0.4, 0.5) is 4.79 Å². The van der Waals surface area contributed by atoms with Crippen LogP contribution >= 0.6 is 0 Å². The summed E-state index contributed by atoms with van der Waals surface area (Å²) in [6.45, 7) is 15.0. The smallest absolute Gasteiger partial charge is 0.410 e. The van der Waals surface area contributed by atoms with E-state index in [1.807, 2.05) is 0 Å². The van der Waals surface area contributed by atoms with Crippen molar-refractivity contribution in [3.8, 4) is 0 Å². The van der Waals surface area contributed by atoms with Gasteiger partial charge in [-0.3, -0.25) is 4.90 Å². The van der Waals surface area contributed by atoms with Crippen LogP contribution in [0.3, 0.4) is 0 Å². The molecule has 1 saturated heterocycles. The maximum atomic E-state index is 11.6. The maximum absolute atomic E-state index is 11.6. The molecule has 0 aromatic rings. The van der Waals surface area contributed by atoms with Crippen LogP contribution in [-0.4, -0.2) is 45.1 Å². The molecule has 1 amide bonds. The third kappa shape index (κ3) is 3.48. The molecule has 106 valence electrons. The summed E-state index contributed by atoms with van der Waals surface area (Å²) in [5.74, 6) is 0. The molecule has 5 heteroatoms. The predicted molar refractivity (Wildman–Crippen MR) is 75.3 cm³/mol. The monoisotopic (exact) mass is 273 g/mol. The van der Waals surface area contributed by atoms with Crippen LogP contribution in [0, 0.1) is 0 Å². The lowest BCUT2D eigenvalue weighted by Crippen LogP contribution is -2.46. The van der Waals surface area contributed by atoms with E-state index in [1.54, 1.807) is 4.90 Å². The van der Waals surface area contributed by atoms with Gasteiger partial charge in [0.1, 0.15) is 6.61 Å². The lowest BCUT2D eigenvalue weighted by molar-refractivity contribution is 0.154. The van der Waals surface area contributed by atoms with Crippen molar-refractivity contribution in [2.75, 3.05) is 19.8 Å². The quantitative estimate of drug-likeness (QED) is 0.722. The van der Waals surface area contributed by atoms with Crippen molar-refractivity contribution in [1.82, 2.24) is 4.90 Å². The SMILES string of the molecule is CCCN1C(=O)OCC1CO[Si](C)(C)C(C)(C)C. The van der Waals surface area contributed by atoms with Crippen LogP contribution in [0.5, 0.6) is 0 Å². The van der Waals surface area contributed by atoms with E-state index < -0.39 is 8.32 Å². The molecule has 1 rings (SSSR count). The number of hydrogen-bond acceptors (Lipinski definition) is 3. The van der Waals surface area contributed by atoms with E-state index in [-0.39, 0.29) is 17.2 Å². The molecule has 0 spiro atoms. The maximum Gasteiger partial charge on any atom is 0.410 e. The van der Waals surface area contributed by atoms with Crippen LogP contribution in [0.1, 0.15) is 34.1 Å². The molecule has 1 aliphatic heterocycles. The summed E-state index contributed by atoms with van der Waals surface area (Å²) in [6.07, 6.45) is 0.756. The Hall–Kier alpha value is -0.553. The highest BCUT2D eigenvalue weighted by Crippen LogP contribution is 2.36. The summed E-state index contributed by atoms with van der Waals surface area (Å²) in [6, 6.07) is 0.0894. The van der Waals surface area contributed by atoms with Gasteiger partial charge >= 0.3 is 6.09 Å². The lowest BCUT2D eigenvalue weighted by Gasteiger charge is -2.37. The molecule has 0 radical (unpaired) electrons. The minimum atomic E-state index is -1.74. The van der Waals surface area contributed by atoms with Gasteiger partial charge in [0, 0.05) is 6.54 Å². The average molecular weight is 273 g/mol. The summed E-state index contributed by atoms with van der Waals surface area (Å²) >= 11 is 0. The summed E-state index contributed by atoms with van der Waals surface area (Å²) < 4.78 is 11.3. The molecule has 1 fully saturated rings. The number of carbonyl (C=O) groups excluding carboxylic acids is 1. The van der Waals surface area contributed by atoms with E-state index in [1.165, 1.54) is 0 Å². The van der Waals surface area contributed by atoms with Crippen LogP contribution < -0.4 is 0 Å². The first-order chi connectivity index (χ1) is 8.19. The van der Waals surface area contributed by atoms with Gasteiger partial charge in [-0.25, -0.2) is 4.79 Å². The second-order valence-corrected chi connectivity index (χ2v) is 11.3. The molecule has 18 heavy (non-hydrogen) atoms. The zero-order valence-corrected chi connectivity index (χ0v) is 13.6. The van der Waals surface area contributed by atoms with Gasteiger partial charge in [0.2, 0.25) is 0 Å². The fourth-order valence-electron chi connectivity index (χ4n) is 1.66. The highest BCUT2D eigenvalue weighted by molar-refractivity contribution is 6.74. The fourth-order valence-corrected chi connectivity index (χ4v) is 2.71. The van der Waals surface area contributed by atoms with E-state index in [0.717, 1.165) is 13.0 Å². The second kappa shape index (κ2) is 5.61. The van der Waals surface area contributed by atoms with Crippen molar-refractivity contribution in [2.24, 2.45) is 0 Å². The second-order valence-electron chi connectivity index (χ2n) is 6.50. The number of nitrogens with zero attached hydrogens (tertiary/aromatic N) is 1. The minimum Gasteiger partial charge on any atom is -0.447 e. The molecule has 0 bridgehead atoms. The fraction of sp³-hybridized carbons (Fsp3) is 0.923. The van der Waals surface area contributed by atoms with Crippen molar-refractivity contribution in [1.29, 1.82) is 0 Å². The topological polar surface area (TPSA) is 38.8 Å². The molecule has 0 aromatic carbocycles. The molecule has 0 aliphatic carbocycles. The summed E-state index contributed by atoms with van der Waals surface area (Å²) in [5.41, 5.74) is 0. The van der Waals surface area contributed by atoms with Crippen LogP contribution in [0.25, 0.3) is 0 Å². The van der Waals surface area contributed by atoms with E-state index in [4.69, 9.17) is 9.16 Å². The molecule has 0 saturated carbocycles. The first-order valence-corrected chi connectivity index (χ1v) is 9.67. The highest BCUT2D eigenvalue weighted by Gasteiger charge is 2.40. The molecule has 1 heterocycles. The Labute approximate surface area is 112 Å². The molecule has 1 aliphatic rings. The van der Waals surface area contributed by atoms with Crippen LogP contribution in [0.2, 0.25) is 18.1 Å².